The molecule has 0 unspecified atom stereocenters. The number of benzene rings is 1. The van der Waals surface area contributed by atoms with Crippen LogP contribution >= 0.6 is 0 Å². The highest BCUT2D eigenvalue weighted by molar-refractivity contribution is 5.18. The van der Waals surface area contributed by atoms with Gasteiger partial charge < -0.3 is 14.6 Å². The molecule has 0 bridgehead atoms. The molecule has 0 aromatic heterocycles. The molecule has 1 N–H and O–H groups in total. The van der Waals surface area contributed by atoms with Crippen LogP contribution in [0.4, 0.5) is 0 Å². The zero-order valence-corrected chi connectivity index (χ0v) is 12.2. The van der Waals surface area contributed by atoms with Gasteiger partial charge in [-0.25, -0.2) is 0 Å². The van der Waals surface area contributed by atoms with Gasteiger partial charge in [-0.15, -0.1) is 0 Å². The summed E-state index contributed by atoms with van der Waals surface area (Å²) in [6, 6.07) is 10.3. The molecule has 0 spiro atoms. The van der Waals surface area contributed by atoms with E-state index in [1.807, 2.05) is 18.2 Å². The molecule has 1 aromatic rings. The predicted molar refractivity (Wildman–Crippen MR) is 79.5 cm³/mol. The zero-order chi connectivity index (χ0) is 14.4. The molecule has 0 fully saturated rings. The second-order valence-corrected chi connectivity index (χ2v) is 5.47. The fourth-order valence-electron chi connectivity index (χ4n) is 2.97. The van der Waals surface area contributed by atoms with Crippen LogP contribution in [0.5, 0.6) is 0 Å². The molecule has 1 aliphatic carbocycles. The molecule has 3 nitrogen and oxygen atoms in total. The number of rotatable bonds is 6. The highest BCUT2D eigenvalue weighted by Crippen LogP contribution is 2.31. The van der Waals surface area contributed by atoms with Crippen LogP contribution in [0.3, 0.4) is 0 Å². The number of methoxy groups -OCH3 is 2. The SMILES string of the molecule is COC[C@H]1[C@@H](O)[C@@H](Cc2ccccc2)C=C[C@H]1COC. The summed E-state index contributed by atoms with van der Waals surface area (Å²) in [5.41, 5.74) is 1.25. The van der Waals surface area contributed by atoms with Crippen LogP contribution < -0.4 is 0 Å². The van der Waals surface area contributed by atoms with E-state index in [-0.39, 0.29) is 23.9 Å². The summed E-state index contributed by atoms with van der Waals surface area (Å²) in [7, 11) is 3.38. The molecular weight excluding hydrogens is 252 g/mol. The summed E-state index contributed by atoms with van der Waals surface area (Å²) in [5, 5.41) is 10.6. The number of hydrogen-bond acceptors (Lipinski definition) is 3. The molecule has 2 rings (SSSR count). The smallest absolute Gasteiger partial charge is 0.0662 e. The van der Waals surface area contributed by atoms with Crippen molar-refractivity contribution < 1.29 is 14.6 Å². The molecule has 0 saturated heterocycles. The first-order valence-corrected chi connectivity index (χ1v) is 7.14. The Morgan fingerprint density at radius 1 is 0.950 bits per heavy atom. The topological polar surface area (TPSA) is 38.7 Å². The van der Waals surface area contributed by atoms with E-state index in [2.05, 4.69) is 24.3 Å². The second kappa shape index (κ2) is 7.58. The van der Waals surface area contributed by atoms with Gasteiger partial charge in [0, 0.05) is 32.0 Å². The van der Waals surface area contributed by atoms with Crippen LogP contribution in [0, 0.1) is 17.8 Å². The predicted octanol–water partition coefficient (Wildman–Crippen LogP) is 2.30. The van der Waals surface area contributed by atoms with E-state index in [4.69, 9.17) is 9.47 Å². The summed E-state index contributed by atoms with van der Waals surface area (Å²) >= 11 is 0. The number of hydrogen-bond donors (Lipinski definition) is 1. The molecule has 0 heterocycles. The minimum absolute atomic E-state index is 0.0960. The third kappa shape index (κ3) is 3.69. The molecule has 0 amide bonds. The van der Waals surface area contributed by atoms with Crippen LogP contribution in [0.2, 0.25) is 0 Å². The Balaban J connectivity index is 2.09. The van der Waals surface area contributed by atoms with Crippen molar-refractivity contribution in [3.63, 3.8) is 0 Å². The van der Waals surface area contributed by atoms with Gasteiger partial charge in [0.25, 0.3) is 0 Å². The van der Waals surface area contributed by atoms with Gasteiger partial charge in [0.05, 0.1) is 19.3 Å². The van der Waals surface area contributed by atoms with Crippen molar-refractivity contribution >= 4 is 0 Å². The maximum Gasteiger partial charge on any atom is 0.0662 e. The van der Waals surface area contributed by atoms with Gasteiger partial charge in [-0.1, -0.05) is 42.5 Å². The summed E-state index contributed by atoms with van der Waals surface area (Å²) in [6.07, 6.45) is 4.78. The Bertz CT molecular complexity index is 416. The minimum Gasteiger partial charge on any atom is -0.392 e. The molecule has 0 radical (unpaired) electrons. The van der Waals surface area contributed by atoms with Crippen LogP contribution in [0.15, 0.2) is 42.5 Å². The van der Waals surface area contributed by atoms with E-state index in [0.29, 0.717) is 13.2 Å². The van der Waals surface area contributed by atoms with Gasteiger partial charge in [0.15, 0.2) is 0 Å². The average Bonchev–Trinajstić information content (AvgIpc) is 2.47. The lowest BCUT2D eigenvalue weighted by Crippen LogP contribution is -2.41. The Kier molecular flexibility index (Phi) is 5.77. The van der Waals surface area contributed by atoms with E-state index >= 15 is 0 Å². The lowest BCUT2D eigenvalue weighted by Gasteiger charge is -2.36. The van der Waals surface area contributed by atoms with Crippen LogP contribution in [0.1, 0.15) is 5.56 Å². The van der Waals surface area contributed by atoms with E-state index in [0.717, 1.165) is 6.42 Å². The molecule has 0 saturated carbocycles. The maximum atomic E-state index is 10.6. The molecule has 1 aromatic carbocycles. The van der Waals surface area contributed by atoms with Crippen molar-refractivity contribution in [2.75, 3.05) is 27.4 Å². The Morgan fingerprint density at radius 3 is 2.25 bits per heavy atom. The minimum atomic E-state index is -0.389. The largest absolute Gasteiger partial charge is 0.392 e. The van der Waals surface area contributed by atoms with Crippen LogP contribution in [0.25, 0.3) is 0 Å². The third-order valence-electron chi connectivity index (χ3n) is 4.07. The lowest BCUT2D eigenvalue weighted by molar-refractivity contribution is -0.0198. The maximum absolute atomic E-state index is 10.6. The first-order valence-electron chi connectivity index (χ1n) is 7.14. The Labute approximate surface area is 121 Å². The highest BCUT2D eigenvalue weighted by atomic mass is 16.5. The quantitative estimate of drug-likeness (QED) is 0.810. The van der Waals surface area contributed by atoms with Crippen molar-refractivity contribution in [2.45, 2.75) is 12.5 Å². The molecule has 20 heavy (non-hydrogen) atoms. The Morgan fingerprint density at radius 2 is 1.60 bits per heavy atom. The van der Waals surface area contributed by atoms with Gasteiger partial charge in [-0.3, -0.25) is 0 Å². The summed E-state index contributed by atoms with van der Waals surface area (Å²) in [5.74, 6) is 0.464. The Hall–Kier alpha value is -1.16. The van der Waals surface area contributed by atoms with Crippen molar-refractivity contribution in [1.29, 1.82) is 0 Å². The van der Waals surface area contributed by atoms with Gasteiger partial charge in [0.2, 0.25) is 0 Å². The van der Waals surface area contributed by atoms with Crippen LogP contribution in [-0.2, 0) is 15.9 Å². The number of aliphatic hydroxyl groups is 1. The van der Waals surface area contributed by atoms with E-state index < -0.39 is 0 Å². The molecular formula is C17H24O3. The van der Waals surface area contributed by atoms with E-state index in [9.17, 15) is 5.11 Å². The molecule has 0 aliphatic heterocycles. The first-order chi connectivity index (χ1) is 9.76. The van der Waals surface area contributed by atoms with Crippen molar-refractivity contribution in [1.82, 2.24) is 0 Å². The molecule has 3 heteroatoms. The van der Waals surface area contributed by atoms with Gasteiger partial charge in [-0.2, -0.15) is 0 Å². The van der Waals surface area contributed by atoms with Gasteiger partial charge in [0.1, 0.15) is 0 Å². The molecule has 1 aliphatic rings. The van der Waals surface area contributed by atoms with Crippen molar-refractivity contribution in [3.05, 3.63) is 48.0 Å². The van der Waals surface area contributed by atoms with Crippen molar-refractivity contribution in [2.24, 2.45) is 17.8 Å². The fourth-order valence-corrected chi connectivity index (χ4v) is 2.97. The number of aliphatic hydroxyl groups excluding tert-OH is 1. The number of ether oxygens (including phenoxy) is 2. The van der Waals surface area contributed by atoms with Gasteiger partial charge in [-0.05, 0) is 12.0 Å². The standard InChI is InChI=1S/C17H24O3/c1-19-11-15-9-8-14(17(18)16(15)12-20-2)10-13-6-4-3-5-7-13/h3-9,14-18H,10-12H2,1-2H3/t14-,15+,16-,17+/m1/s1. The zero-order valence-electron chi connectivity index (χ0n) is 12.2. The summed E-state index contributed by atoms with van der Waals surface area (Å²) < 4.78 is 10.5. The van der Waals surface area contributed by atoms with Crippen molar-refractivity contribution in [3.8, 4) is 0 Å². The molecule has 110 valence electrons. The van der Waals surface area contributed by atoms with Gasteiger partial charge >= 0.3 is 0 Å². The third-order valence-corrected chi connectivity index (χ3v) is 4.07. The summed E-state index contributed by atoms with van der Waals surface area (Å²) in [4.78, 5) is 0. The lowest BCUT2D eigenvalue weighted by atomic mass is 9.75. The molecule has 4 atom stereocenters. The summed E-state index contributed by atoms with van der Waals surface area (Å²) in [6.45, 7) is 1.18. The average molecular weight is 276 g/mol. The normalized spacial score (nSPS) is 29.6. The second-order valence-electron chi connectivity index (χ2n) is 5.47. The van der Waals surface area contributed by atoms with Crippen LogP contribution in [-0.4, -0.2) is 38.6 Å². The monoisotopic (exact) mass is 276 g/mol. The fraction of sp³-hybridized carbons (Fsp3) is 0.529. The first kappa shape index (κ1) is 15.2. The highest BCUT2D eigenvalue weighted by Gasteiger charge is 2.35. The van der Waals surface area contributed by atoms with E-state index in [1.54, 1.807) is 14.2 Å². The van der Waals surface area contributed by atoms with E-state index in [1.165, 1.54) is 5.56 Å².